The van der Waals surface area contributed by atoms with E-state index in [1.54, 1.807) is 0 Å². The van der Waals surface area contributed by atoms with Gasteiger partial charge in [0, 0.05) is 38.8 Å². The molecule has 3 heterocycles. The van der Waals surface area contributed by atoms with Crippen LogP contribution in [0.25, 0.3) is 11.0 Å². The molecule has 0 saturated carbocycles. The largest absolute Gasteiger partial charge is 0.340 e. The van der Waals surface area contributed by atoms with E-state index in [9.17, 15) is 4.79 Å². The van der Waals surface area contributed by atoms with E-state index in [-0.39, 0.29) is 5.92 Å². The number of likely N-dealkylation sites (tertiary alicyclic amines) is 1. The first kappa shape index (κ1) is 22.3. The van der Waals surface area contributed by atoms with E-state index in [0.29, 0.717) is 11.9 Å². The second-order valence-corrected chi connectivity index (χ2v) is 9.58. The van der Waals surface area contributed by atoms with Gasteiger partial charge in [-0.1, -0.05) is 25.5 Å². The molecular weight excluding hydrogens is 386 g/mol. The Morgan fingerprint density at radius 3 is 2.61 bits per heavy atom. The first-order valence-electron chi connectivity index (χ1n) is 12.3. The third kappa shape index (κ3) is 5.12. The predicted octanol–water partition coefficient (Wildman–Crippen LogP) is 3.77. The van der Waals surface area contributed by atoms with E-state index in [4.69, 9.17) is 4.98 Å². The standard InChI is InChI=1S/C25H39N5O/c1-4-5-12-27-14-16-29(17-15-27)25(31)21-9-8-13-28(18-21)19-24-26-22-10-6-7-11-23(22)30(24)20(2)3/h6-7,10-11,20-21H,4-5,8-9,12-19H2,1-3H3/t21-/m0/s1. The van der Waals surface area contributed by atoms with Crippen LogP contribution in [0.3, 0.4) is 0 Å². The van der Waals surface area contributed by atoms with Gasteiger partial charge < -0.3 is 9.47 Å². The number of imidazole rings is 1. The Hall–Kier alpha value is -1.92. The Bertz CT molecular complexity index is 868. The van der Waals surface area contributed by atoms with Crippen molar-refractivity contribution in [2.75, 3.05) is 45.8 Å². The molecule has 0 spiro atoms. The molecular formula is C25H39N5O. The highest BCUT2D eigenvalue weighted by Crippen LogP contribution is 2.25. The third-order valence-corrected chi connectivity index (χ3v) is 6.92. The number of nitrogens with zero attached hydrogens (tertiary/aromatic N) is 5. The summed E-state index contributed by atoms with van der Waals surface area (Å²) in [5.41, 5.74) is 2.27. The number of piperazine rings is 1. The summed E-state index contributed by atoms with van der Waals surface area (Å²) in [4.78, 5) is 25.3. The van der Waals surface area contributed by atoms with Crippen LogP contribution < -0.4 is 0 Å². The summed E-state index contributed by atoms with van der Waals surface area (Å²) >= 11 is 0. The van der Waals surface area contributed by atoms with E-state index in [2.05, 4.69) is 64.3 Å². The van der Waals surface area contributed by atoms with Crippen LogP contribution in [0, 0.1) is 5.92 Å². The van der Waals surface area contributed by atoms with Crippen molar-refractivity contribution in [3.63, 3.8) is 0 Å². The average Bonchev–Trinajstić information content (AvgIpc) is 3.15. The lowest BCUT2D eigenvalue weighted by Gasteiger charge is -2.39. The van der Waals surface area contributed by atoms with Crippen LogP contribution >= 0.6 is 0 Å². The van der Waals surface area contributed by atoms with Gasteiger partial charge in [0.2, 0.25) is 5.91 Å². The first-order chi connectivity index (χ1) is 15.1. The van der Waals surface area contributed by atoms with Crippen LogP contribution in [-0.2, 0) is 11.3 Å². The highest BCUT2D eigenvalue weighted by atomic mass is 16.2. The Kier molecular flexibility index (Phi) is 7.28. The first-order valence-corrected chi connectivity index (χ1v) is 12.3. The van der Waals surface area contributed by atoms with E-state index in [1.165, 1.54) is 24.9 Å². The van der Waals surface area contributed by atoms with Gasteiger partial charge >= 0.3 is 0 Å². The number of unbranched alkanes of at least 4 members (excludes halogenated alkanes) is 1. The molecule has 6 nitrogen and oxygen atoms in total. The van der Waals surface area contributed by atoms with Gasteiger partial charge in [0.25, 0.3) is 0 Å². The molecule has 1 aromatic carbocycles. The molecule has 1 atom stereocenters. The van der Waals surface area contributed by atoms with Crippen molar-refractivity contribution in [2.24, 2.45) is 5.92 Å². The zero-order valence-corrected chi connectivity index (χ0v) is 19.6. The molecule has 6 heteroatoms. The van der Waals surface area contributed by atoms with Gasteiger partial charge in [0.15, 0.2) is 0 Å². The van der Waals surface area contributed by atoms with E-state index in [1.807, 2.05) is 0 Å². The van der Waals surface area contributed by atoms with Gasteiger partial charge in [-0.25, -0.2) is 4.98 Å². The van der Waals surface area contributed by atoms with Crippen molar-refractivity contribution < 1.29 is 4.79 Å². The third-order valence-electron chi connectivity index (χ3n) is 6.92. The number of fused-ring (bicyclic) bond motifs is 1. The lowest BCUT2D eigenvalue weighted by molar-refractivity contribution is -0.139. The molecule has 0 bridgehead atoms. The molecule has 0 radical (unpaired) electrons. The molecule has 0 unspecified atom stereocenters. The maximum atomic E-state index is 13.2. The molecule has 1 amide bonds. The lowest BCUT2D eigenvalue weighted by atomic mass is 9.96. The summed E-state index contributed by atoms with van der Waals surface area (Å²) in [6.07, 6.45) is 4.61. The van der Waals surface area contributed by atoms with E-state index >= 15 is 0 Å². The Morgan fingerprint density at radius 2 is 1.87 bits per heavy atom. The van der Waals surface area contributed by atoms with Gasteiger partial charge in [-0.2, -0.15) is 0 Å². The number of para-hydroxylation sites is 2. The fraction of sp³-hybridized carbons (Fsp3) is 0.680. The number of rotatable bonds is 7. The summed E-state index contributed by atoms with van der Waals surface area (Å²) in [6, 6.07) is 8.77. The molecule has 1 aromatic heterocycles. The molecule has 170 valence electrons. The van der Waals surface area contributed by atoms with Gasteiger partial charge in [-0.3, -0.25) is 14.6 Å². The summed E-state index contributed by atoms with van der Waals surface area (Å²) in [6.45, 7) is 14.4. The summed E-state index contributed by atoms with van der Waals surface area (Å²) in [7, 11) is 0. The van der Waals surface area contributed by atoms with Crippen molar-refractivity contribution >= 4 is 16.9 Å². The number of hydrogen-bond donors (Lipinski definition) is 0. The van der Waals surface area contributed by atoms with Gasteiger partial charge in [-0.15, -0.1) is 0 Å². The predicted molar refractivity (Wildman–Crippen MR) is 126 cm³/mol. The average molecular weight is 426 g/mol. The van der Waals surface area contributed by atoms with Gasteiger partial charge in [-0.05, 0) is 58.3 Å². The Morgan fingerprint density at radius 1 is 1.10 bits per heavy atom. The molecule has 4 rings (SSSR count). The van der Waals surface area contributed by atoms with Gasteiger partial charge in [0.1, 0.15) is 5.82 Å². The normalized spacial score (nSPS) is 21.3. The number of benzene rings is 1. The molecule has 2 aromatic rings. The Balaban J connectivity index is 1.38. The molecule has 2 saturated heterocycles. The van der Waals surface area contributed by atoms with E-state index in [0.717, 1.165) is 70.0 Å². The molecule has 31 heavy (non-hydrogen) atoms. The topological polar surface area (TPSA) is 44.6 Å². The van der Waals surface area contributed by atoms with Crippen LogP contribution in [0.4, 0.5) is 0 Å². The highest BCUT2D eigenvalue weighted by molar-refractivity contribution is 5.79. The Labute approximate surface area is 187 Å². The fourth-order valence-electron chi connectivity index (χ4n) is 5.21. The maximum Gasteiger partial charge on any atom is 0.227 e. The number of hydrogen-bond acceptors (Lipinski definition) is 4. The highest BCUT2D eigenvalue weighted by Gasteiger charge is 2.31. The summed E-state index contributed by atoms with van der Waals surface area (Å²) in [5, 5.41) is 0. The molecule has 2 aliphatic rings. The zero-order valence-electron chi connectivity index (χ0n) is 19.6. The number of aromatic nitrogens is 2. The van der Waals surface area contributed by atoms with Crippen molar-refractivity contribution in [1.29, 1.82) is 0 Å². The minimum absolute atomic E-state index is 0.132. The molecule has 0 N–H and O–H groups in total. The molecule has 0 aliphatic carbocycles. The van der Waals surface area contributed by atoms with Crippen LogP contribution in [0.15, 0.2) is 24.3 Å². The SMILES string of the molecule is CCCCN1CCN(C(=O)[C@H]2CCCN(Cc3nc4ccccc4n3C(C)C)C2)CC1. The minimum Gasteiger partial charge on any atom is -0.340 e. The quantitative estimate of drug-likeness (QED) is 0.677. The molecule has 2 aliphatic heterocycles. The fourth-order valence-corrected chi connectivity index (χ4v) is 5.21. The number of piperidine rings is 1. The second kappa shape index (κ2) is 10.1. The van der Waals surface area contributed by atoms with Crippen molar-refractivity contribution in [3.05, 3.63) is 30.1 Å². The van der Waals surface area contributed by atoms with Crippen molar-refractivity contribution in [3.8, 4) is 0 Å². The summed E-state index contributed by atoms with van der Waals surface area (Å²) in [5.74, 6) is 1.62. The number of amides is 1. The number of carbonyl (C=O) groups excluding carboxylic acids is 1. The van der Waals surface area contributed by atoms with Crippen molar-refractivity contribution in [1.82, 2.24) is 24.3 Å². The van der Waals surface area contributed by atoms with Crippen molar-refractivity contribution in [2.45, 2.75) is 59.0 Å². The smallest absolute Gasteiger partial charge is 0.227 e. The van der Waals surface area contributed by atoms with Gasteiger partial charge in [0.05, 0.1) is 23.5 Å². The van der Waals surface area contributed by atoms with Crippen LogP contribution in [-0.4, -0.2) is 76.0 Å². The second-order valence-electron chi connectivity index (χ2n) is 9.58. The van der Waals surface area contributed by atoms with Crippen LogP contribution in [0.2, 0.25) is 0 Å². The van der Waals surface area contributed by atoms with Crippen LogP contribution in [0.5, 0.6) is 0 Å². The maximum absolute atomic E-state index is 13.2. The number of carbonyl (C=O) groups is 1. The lowest BCUT2D eigenvalue weighted by Crippen LogP contribution is -2.52. The monoisotopic (exact) mass is 425 g/mol. The molecule has 2 fully saturated rings. The van der Waals surface area contributed by atoms with Crippen LogP contribution in [0.1, 0.15) is 58.3 Å². The minimum atomic E-state index is 0.132. The zero-order chi connectivity index (χ0) is 21.8. The van der Waals surface area contributed by atoms with E-state index < -0.39 is 0 Å². The summed E-state index contributed by atoms with van der Waals surface area (Å²) < 4.78 is 2.36.